The SMILES string of the molecule is CCOc1ccc(OCC(=O)Nc2nc3ccc(OCC)cc3s2)cc1. The van der Waals surface area contributed by atoms with E-state index in [1.54, 1.807) is 24.3 Å². The predicted octanol–water partition coefficient (Wildman–Crippen LogP) is 4.11. The van der Waals surface area contributed by atoms with Gasteiger partial charge in [-0.2, -0.15) is 0 Å². The largest absolute Gasteiger partial charge is 0.494 e. The first-order valence-corrected chi connectivity index (χ1v) is 9.18. The zero-order chi connectivity index (χ0) is 18.4. The van der Waals surface area contributed by atoms with Crippen LogP contribution in [0.25, 0.3) is 10.2 Å². The number of carbonyl (C=O) groups is 1. The quantitative estimate of drug-likeness (QED) is 0.644. The standard InChI is InChI=1S/C19H20N2O4S/c1-3-23-13-5-7-14(8-6-13)25-12-18(22)21-19-20-16-10-9-15(24-4-2)11-17(16)26-19/h5-11H,3-4,12H2,1-2H3,(H,20,21,22). The summed E-state index contributed by atoms with van der Waals surface area (Å²) in [6.07, 6.45) is 0. The molecule has 1 N–H and O–H groups in total. The third-order valence-electron chi connectivity index (χ3n) is 3.42. The summed E-state index contributed by atoms with van der Waals surface area (Å²) in [7, 11) is 0. The summed E-state index contributed by atoms with van der Waals surface area (Å²) in [5.74, 6) is 1.91. The number of anilines is 1. The van der Waals surface area contributed by atoms with Gasteiger partial charge in [-0.1, -0.05) is 11.3 Å². The Bertz CT molecular complexity index is 877. The molecule has 0 fully saturated rings. The van der Waals surface area contributed by atoms with Crippen molar-refractivity contribution in [3.8, 4) is 17.2 Å². The summed E-state index contributed by atoms with van der Waals surface area (Å²) >= 11 is 1.40. The van der Waals surface area contributed by atoms with Gasteiger partial charge >= 0.3 is 0 Å². The number of hydrogen-bond donors (Lipinski definition) is 1. The Hall–Kier alpha value is -2.80. The van der Waals surface area contributed by atoms with Gasteiger partial charge in [-0.15, -0.1) is 0 Å². The number of hydrogen-bond acceptors (Lipinski definition) is 6. The highest BCUT2D eigenvalue weighted by Gasteiger charge is 2.09. The highest BCUT2D eigenvalue weighted by Crippen LogP contribution is 2.29. The summed E-state index contributed by atoms with van der Waals surface area (Å²) in [5.41, 5.74) is 0.821. The van der Waals surface area contributed by atoms with E-state index in [2.05, 4.69) is 10.3 Å². The smallest absolute Gasteiger partial charge is 0.264 e. The van der Waals surface area contributed by atoms with Crippen LogP contribution >= 0.6 is 11.3 Å². The maximum Gasteiger partial charge on any atom is 0.264 e. The van der Waals surface area contributed by atoms with E-state index in [9.17, 15) is 4.79 Å². The van der Waals surface area contributed by atoms with Crippen molar-refractivity contribution in [3.63, 3.8) is 0 Å². The molecule has 1 amide bonds. The van der Waals surface area contributed by atoms with Crippen LogP contribution in [0, 0.1) is 0 Å². The number of rotatable bonds is 8. The molecule has 0 saturated carbocycles. The number of fused-ring (bicyclic) bond motifs is 1. The number of aromatic nitrogens is 1. The first-order valence-electron chi connectivity index (χ1n) is 8.37. The molecule has 0 aliphatic carbocycles. The van der Waals surface area contributed by atoms with Crippen LogP contribution in [-0.2, 0) is 4.79 Å². The number of thiazole rings is 1. The van der Waals surface area contributed by atoms with Crippen LogP contribution in [0.15, 0.2) is 42.5 Å². The van der Waals surface area contributed by atoms with Crippen molar-refractivity contribution >= 4 is 32.6 Å². The van der Waals surface area contributed by atoms with Crippen LogP contribution in [0.1, 0.15) is 13.8 Å². The van der Waals surface area contributed by atoms with Gasteiger partial charge in [-0.25, -0.2) is 4.98 Å². The van der Waals surface area contributed by atoms with Crippen molar-refractivity contribution in [2.45, 2.75) is 13.8 Å². The lowest BCUT2D eigenvalue weighted by Crippen LogP contribution is -2.19. The fourth-order valence-electron chi connectivity index (χ4n) is 2.32. The van der Waals surface area contributed by atoms with Gasteiger partial charge in [0.1, 0.15) is 17.2 Å². The molecule has 6 nitrogen and oxygen atoms in total. The summed E-state index contributed by atoms with van der Waals surface area (Å²) in [6, 6.07) is 12.8. The molecule has 26 heavy (non-hydrogen) atoms. The lowest BCUT2D eigenvalue weighted by atomic mass is 10.3. The minimum absolute atomic E-state index is 0.0892. The van der Waals surface area contributed by atoms with E-state index in [1.807, 2.05) is 32.0 Å². The van der Waals surface area contributed by atoms with E-state index in [-0.39, 0.29) is 12.5 Å². The van der Waals surface area contributed by atoms with Gasteiger partial charge in [-0.05, 0) is 56.3 Å². The third kappa shape index (κ3) is 4.64. The van der Waals surface area contributed by atoms with Gasteiger partial charge in [0.25, 0.3) is 5.91 Å². The molecule has 3 aromatic rings. The van der Waals surface area contributed by atoms with E-state index in [1.165, 1.54) is 11.3 Å². The van der Waals surface area contributed by atoms with Crippen molar-refractivity contribution in [2.75, 3.05) is 25.1 Å². The molecule has 0 atom stereocenters. The Kier molecular flexibility index (Phi) is 5.91. The van der Waals surface area contributed by atoms with E-state index in [0.717, 1.165) is 21.7 Å². The third-order valence-corrected chi connectivity index (χ3v) is 4.36. The number of carbonyl (C=O) groups excluding carboxylic acids is 1. The Labute approximate surface area is 155 Å². The Morgan fingerprint density at radius 3 is 2.27 bits per heavy atom. The molecule has 0 saturated heterocycles. The summed E-state index contributed by atoms with van der Waals surface area (Å²) in [6.45, 7) is 4.99. The van der Waals surface area contributed by atoms with Crippen LogP contribution in [0.2, 0.25) is 0 Å². The molecule has 0 spiro atoms. The Balaban J connectivity index is 1.56. The number of ether oxygens (including phenoxy) is 3. The maximum atomic E-state index is 12.1. The molecule has 2 aromatic carbocycles. The highest BCUT2D eigenvalue weighted by molar-refractivity contribution is 7.22. The number of nitrogens with one attached hydrogen (secondary N) is 1. The minimum Gasteiger partial charge on any atom is -0.494 e. The van der Waals surface area contributed by atoms with Crippen LogP contribution in [0.3, 0.4) is 0 Å². The topological polar surface area (TPSA) is 69.7 Å². The molecule has 1 heterocycles. The summed E-state index contributed by atoms with van der Waals surface area (Å²) in [5, 5.41) is 3.30. The molecule has 0 radical (unpaired) electrons. The van der Waals surface area contributed by atoms with E-state index in [4.69, 9.17) is 14.2 Å². The zero-order valence-electron chi connectivity index (χ0n) is 14.7. The minimum atomic E-state index is -0.261. The number of amides is 1. The first kappa shape index (κ1) is 18.0. The summed E-state index contributed by atoms with van der Waals surface area (Å²) in [4.78, 5) is 16.5. The van der Waals surface area contributed by atoms with Gasteiger partial charge in [0.2, 0.25) is 0 Å². The average molecular weight is 372 g/mol. The molecule has 136 valence electrons. The van der Waals surface area contributed by atoms with Crippen LogP contribution < -0.4 is 19.5 Å². The van der Waals surface area contributed by atoms with Crippen molar-refractivity contribution in [2.24, 2.45) is 0 Å². The normalized spacial score (nSPS) is 10.5. The molecule has 0 aliphatic rings. The Morgan fingerprint density at radius 1 is 0.962 bits per heavy atom. The fraction of sp³-hybridized carbons (Fsp3) is 0.263. The molecular weight excluding hydrogens is 352 g/mol. The highest BCUT2D eigenvalue weighted by atomic mass is 32.1. The molecule has 0 aliphatic heterocycles. The first-order chi connectivity index (χ1) is 12.7. The second-order valence-corrected chi connectivity index (χ2v) is 6.35. The second kappa shape index (κ2) is 8.53. The van der Waals surface area contributed by atoms with Gasteiger partial charge < -0.3 is 14.2 Å². The lowest BCUT2D eigenvalue weighted by molar-refractivity contribution is -0.118. The average Bonchev–Trinajstić information content (AvgIpc) is 3.03. The zero-order valence-corrected chi connectivity index (χ0v) is 15.5. The molecule has 3 rings (SSSR count). The monoisotopic (exact) mass is 372 g/mol. The van der Waals surface area contributed by atoms with E-state index < -0.39 is 0 Å². The Morgan fingerprint density at radius 2 is 1.58 bits per heavy atom. The van der Waals surface area contributed by atoms with Crippen LogP contribution in [-0.4, -0.2) is 30.7 Å². The van der Waals surface area contributed by atoms with Crippen molar-refractivity contribution in [3.05, 3.63) is 42.5 Å². The fourth-order valence-corrected chi connectivity index (χ4v) is 3.23. The summed E-state index contributed by atoms with van der Waals surface area (Å²) < 4.78 is 17.3. The predicted molar refractivity (Wildman–Crippen MR) is 103 cm³/mol. The van der Waals surface area contributed by atoms with Crippen molar-refractivity contribution < 1.29 is 19.0 Å². The van der Waals surface area contributed by atoms with Crippen LogP contribution in [0.5, 0.6) is 17.2 Å². The molecular formula is C19H20N2O4S. The molecule has 0 bridgehead atoms. The molecule has 0 unspecified atom stereocenters. The molecule has 7 heteroatoms. The second-order valence-electron chi connectivity index (χ2n) is 5.32. The van der Waals surface area contributed by atoms with Gasteiger partial charge in [0.15, 0.2) is 11.7 Å². The molecule has 1 aromatic heterocycles. The van der Waals surface area contributed by atoms with Crippen LogP contribution in [0.4, 0.5) is 5.13 Å². The van der Waals surface area contributed by atoms with Gasteiger partial charge in [0.05, 0.1) is 23.4 Å². The lowest BCUT2D eigenvalue weighted by Gasteiger charge is -2.07. The number of benzene rings is 2. The maximum absolute atomic E-state index is 12.1. The number of nitrogens with zero attached hydrogens (tertiary/aromatic N) is 1. The van der Waals surface area contributed by atoms with Gasteiger partial charge in [-0.3, -0.25) is 10.1 Å². The van der Waals surface area contributed by atoms with E-state index in [0.29, 0.717) is 24.1 Å². The van der Waals surface area contributed by atoms with Crippen molar-refractivity contribution in [1.29, 1.82) is 0 Å². The van der Waals surface area contributed by atoms with Crippen molar-refractivity contribution in [1.82, 2.24) is 4.98 Å². The van der Waals surface area contributed by atoms with Gasteiger partial charge in [0, 0.05) is 0 Å². The van der Waals surface area contributed by atoms with E-state index >= 15 is 0 Å².